The number of likely N-dealkylation sites (N-methyl/N-ethyl adjacent to an activating group) is 1. The molecule has 1 aliphatic carbocycles. The van der Waals surface area contributed by atoms with Gasteiger partial charge in [-0.15, -0.1) is 0 Å². The summed E-state index contributed by atoms with van der Waals surface area (Å²) in [6.07, 6.45) is 1.83. The van der Waals surface area contributed by atoms with Gasteiger partial charge in [0.1, 0.15) is 5.54 Å². The van der Waals surface area contributed by atoms with Crippen molar-refractivity contribution in [3.63, 3.8) is 0 Å². The Morgan fingerprint density at radius 3 is 2.50 bits per heavy atom. The first-order valence-corrected chi connectivity index (χ1v) is 5.42. The van der Waals surface area contributed by atoms with E-state index in [4.69, 9.17) is 4.74 Å². The van der Waals surface area contributed by atoms with Gasteiger partial charge >= 0.3 is 5.97 Å². The van der Waals surface area contributed by atoms with E-state index in [0.29, 0.717) is 18.4 Å². The van der Waals surface area contributed by atoms with Crippen LogP contribution in [0.5, 0.6) is 0 Å². The van der Waals surface area contributed by atoms with Crippen LogP contribution in [0, 0.1) is 11.8 Å². The van der Waals surface area contributed by atoms with Crippen LogP contribution in [-0.2, 0) is 9.53 Å². The van der Waals surface area contributed by atoms with Crippen LogP contribution < -0.4 is 5.32 Å². The summed E-state index contributed by atoms with van der Waals surface area (Å²) in [4.78, 5) is 11.7. The summed E-state index contributed by atoms with van der Waals surface area (Å²) in [5.41, 5.74) is -0.384. The molecular formula is C11H21NO2. The van der Waals surface area contributed by atoms with E-state index in [1.54, 1.807) is 0 Å². The van der Waals surface area contributed by atoms with Gasteiger partial charge in [-0.1, -0.05) is 13.8 Å². The number of rotatable bonds is 4. The molecule has 1 N–H and O–H groups in total. The van der Waals surface area contributed by atoms with E-state index in [2.05, 4.69) is 19.2 Å². The minimum absolute atomic E-state index is 0.0839. The molecule has 3 heteroatoms. The summed E-state index contributed by atoms with van der Waals surface area (Å²) in [6.45, 7) is 6.72. The maximum atomic E-state index is 11.7. The summed E-state index contributed by atoms with van der Waals surface area (Å²) in [5, 5.41) is 3.11. The number of carbonyl (C=O) groups excluding carboxylic acids is 1. The molecule has 3 nitrogen and oxygen atoms in total. The highest BCUT2D eigenvalue weighted by atomic mass is 16.5. The highest BCUT2D eigenvalue weighted by Gasteiger charge is 2.50. The predicted octanol–water partition coefficient (Wildman–Crippen LogP) is 1.57. The van der Waals surface area contributed by atoms with Crippen LogP contribution in [0.15, 0.2) is 0 Å². The van der Waals surface area contributed by atoms with Crippen LogP contribution in [0.25, 0.3) is 0 Å². The second kappa shape index (κ2) is 4.30. The number of esters is 1. The van der Waals surface area contributed by atoms with Crippen LogP contribution in [0.1, 0.15) is 33.6 Å². The van der Waals surface area contributed by atoms with Crippen molar-refractivity contribution in [1.29, 1.82) is 0 Å². The third-order valence-electron chi connectivity index (χ3n) is 3.31. The van der Waals surface area contributed by atoms with Crippen LogP contribution in [0.3, 0.4) is 0 Å². The van der Waals surface area contributed by atoms with Gasteiger partial charge in [0.15, 0.2) is 0 Å². The molecule has 0 aliphatic heterocycles. The summed E-state index contributed by atoms with van der Waals surface area (Å²) in [7, 11) is 1.84. The van der Waals surface area contributed by atoms with Gasteiger partial charge in [-0.2, -0.15) is 0 Å². The van der Waals surface area contributed by atoms with Crippen molar-refractivity contribution in [3.05, 3.63) is 0 Å². The van der Waals surface area contributed by atoms with E-state index < -0.39 is 0 Å². The summed E-state index contributed by atoms with van der Waals surface area (Å²) >= 11 is 0. The van der Waals surface area contributed by atoms with Crippen molar-refractivity contribution in [2.75, 3.05) is 13.7 Å². The normalized spacial score (nSPS) is 31.4. The number of hydrogen-bond donors (Lipinski definition) is 1. The highest BCUT2D eigenvalue weighted by molar-refractivity contribution is 5.82. The molecular weight excluding hydrogens is 178 g/mol. The second-order valence-electron chi connectivity index (χ2n) is 4.46. The Hall–Kier alpha value is -0.570. The van der Waals surface area contributed by atoms with Crippen LogP contribution in [0.2, 0.25) is 0 Å². The molecule has 0 aromatic heterocycles. The van der Waals surface area contributed by atoms with E-state index in [-0.39, 0.29) is 11.5 Å². The highest BCUT2D eigenvalue weighted by Crippen LogP contribution is 2.42. The Morgan fingerprint density at radius 2 is 2.14 bits per heavy atom. The predicted molar refractivity (Wildman–Crippen MR) is 56.0 cm³/mol. The van der Waals surface area contributed by atoms with Gasteiger partial charge in [0.25, 0.3) is 0 Å². The number of carbonyl (C=O) groups is 1. The van der Waals surface area contributed by atoms with E-state index in [1.165, 1.54) is 0 Å². The fourth-order valence-corrected chi connectivity index (χ4v) is 2.05. The number of ether oxygens (including phenoxy) is 1. The SMILES string of the molecule is CCOC(=O)C1(NC)CC(C(C)C)C1. The van der Waals surface area contributed by atoms with Gasteiger partial charge in [-0.05, 0) is 38.6 Å². The Labute approximate surface area is 86.2 Å². The van der Waals surface area contributed by atoms with Crippen molar-refractivity contribution in [2.24, 2.45) is 11.8 Å². The zero-order valence-corrected chi connectivity index (χ0v) is 9.59. The molecule has 14 heavy (non-hydrogen) atoms. The van der Waals surface area contributed by atoms with Crippen LogP contribution in [0.4, 0.5) is 0 Å². The summed E-state index contributed by atoms with van der Waals surface area (Å²) in [5.74, 6) is 1.23. The fraction of sp³-hybridized carbons (Fsp3) is 0.909. The lowest BCUT2D eigenvalue weighted by Crippen LogP contribution is -2.61. The van der Waals surface area contributed by atoms with E-state index in [9.17, 15) is 4.79 Å². The molecule has 82 valence electrons. The van der Waals surface area contributed by atoms with Gasteiger partial charge < -0.3 is 10.1 Å². The standard InChI is InChI=1S/C11H21NO2/c1-5-14-10(13)11(12-4)6-9(7-11)8(2)3/h8-9,12H,5-7H2,1-4H3. The Bertz CT molecular complexity index is 207. The first kappa shape index (κ1) is 11.5. The Balaban J connectivity index is 2.52. The zero-order chi connectivity index (χ0) is 10.8. The van der Waals surface area contributed by atoms with Crippen molar-refractivity contribution in [3.8, 4) is 0 Å². The average molecular weight is 199 g/mol. The summed E-state index contributed by atoms with van der Waals surface area (Å²) in [6, 6.07) is 0. The molecule has 1 saturated carbocycles. The third kappa shape index (κ3) is 1.92. The topological polar surface area (TPSA) is 38.3 Å². The molecule has 0 aromatic carbocycles. The molecule has 1 aliphatic rings. The molecule has 0 aromatic rings. The fourth-order valence-electron chi connectivity index (χ4n) is 2.05. The number of nitrogens with one attached hydrogen (secondary N) is 1. The molecule has 1 rings (SSSR count). The third-order valence-corrected chi connectivity index (χ3v) is 3.31. The molecule has 0 atom stereocenters. The summed E-state index contributed by atoms with van der Waals surface area (Å²) < 4.78 is 5.07. The van der Waals surface area contributed by atoms with Crippen molar-refractivity contribution in [2.45, 2.75) is 39.2 Å². The first-order chi connectivity index (χ1) is 6.55. The molecule has 0 bridgehead atoms. The van der Waals surface area contributed by atoms with E-state index >= 15 is 0 Å². The molecule has 0 spiro atoms. The maximum Gasteiger partial charge on any atom is 0.326 e. The lowest BCUT2D eigenvalue weighted by molar-refractivity contribution is -0.158. The molecule has 0 heterocycles. The van der Waals surface area contributed by atoms with Crippen LogP contribution >= 0.6 is 0 Å². The second-order valence-corrected chi connectivity index (χ2v) is 4.46. The maximum absolute atomic E-state index is 11.7. The van der Waals surface area contributed by atoms with E-state index in [1.807, 2.05) is 14.0 Å². The number of hydrogen-bond acceptors (Lipinski definition) is 3. The molecule has 0 radical (unpaired) electrons. The molecule has 0 unspecified atom stereocenters. The molecule has 1 fully saturated rings. The molecule has 0 amide bonds. The van der Waals surface area contributed by atoms with Gasteiger partial charge in [0.2, 0.25) is 0 Å². The largest absolute Gasteiger partial charge is 0.465 e. The molecule has 0 saturated heterocycles. The smallest absolute Gasteiger partial charge is 0.326 e. The Morgan fingerprint density at radius 1 is 1.57 bits per heavy atom. The quantitative estimate of drug-likeness (QED) is 0.698. The Kier molecular flexibility index (Phi) is 3.53. The zero-order valence-electron chi connectivity index (χ0n) is 9.59. The van der Waals surface area contributed by atoms with Gasteiger partial charge in [-0.25, -0.2) is 0 Å². The lowest BCUT2D eigenvalue weighted by atomic mass is 9.64. The average Bonchev–Trinajstić information content (AvgIpc) is 2.03. The van der Waals surface area contributed by atoms with Crippen molar-refractivity contribution in [1.82, 2.24) is 5.32 Å². The lowest BCUT2D eigenvalue weighted by Gasteiger charge is -2.47. The minimum Gasteiger partial charge on any atom is -0.465 e. The van der Waals surface area contributed by atoms with Crippen LogP contribution in [-0.4, -0.2) is 25.2 Å². The minimum atomic E-state index is -0.384. The van der Waals surface area contributed by atoms with Crippen molar-refractivity contribution < 1.29 is 9.53 Å². The van der Waals surface area contributed by atoms with E-state index in [0.717, 1.165) is 12.8 Å². The van der Waals surface area contributed by atoms with Gasteiger partial charge in [-0.3, -0.25) is 4.79 Å². The monoisotopic (exact) mass is 199 g/mol. The van der Waals surface area contributed by atoms with Crippen molar-refractivity contribution >= 4 is 5.97 Å². The van der Waals surface area contributed by atoms with Gasteiger partial charge in [0, 0.05) is 0 Å². The first-order valence-electron chi connectivity index (χ1n) is 5.42. The van der Waals surface area contributed by atoms with Gasteiger partial charge in [0.05, 0.1) is 6.61 Å².